The Morgan fingerprint density at radius 2 is 2.15 bits per heavy atom. The molecular formula is C24H28N6O3. The largest absolute Gasteiger partial charge is 0.497 e. The fourth-order valence-corrected chi connectivity index (χ4v) is 4.14. The standard InChI is InChI=1S/C24H28N6O3/c1-3-32-12-9-25-24-26-14-19(23-27-22(28-30(23)24)21-5-4-11-33-21)16-29-10-8-17-6-7-20(31-2)13-18(17)15-29/h4-7,11,13-14H,3,8-10,12,15-16H2,1-2H3,(H,25,26). The number of methoxy groups -OCH3 is 1. The van der Waals surface area contributed by atoms with Crippen LogP contribution in [0.4, 0.5) is 5.95 Å². The quantitative estimate of drug-likeness (QED) is 0.390. The predicted octanol–water partition coefficient (Wildman–Crippen LogP) is 3.40. The number of ether oxygens (including phenoxy) is 2. The lowest BCUT2D eigenvalue weighted by Gasteiger charge is -2.29. The molecule has 172 valence electrons. The SMILES string of the molecule is CCOCCNc1ncc(CN2CCc3ccc(OC)cc3C2)c2nc(-c3ccco3)nn12. The Morgan fingerprint density at radius 3 is 2.97 bits per heavy atom. The van der Waals surface area contributed by atoms with Crippen LogP contribution in [-0.2, 0) is 24.2 Å². The smallest absolute Gasteiger partial charge is 0.225 e. The van der Waals surface area contributed by atoms with Gasteiger partial charge in [-0.3, -0.25) is 4.90 Å². The predicted molar refractivity (Wildman–Crippen MR) is 124 cm³/mol. The fraction of sp³-hybridized carbons (Fsp3) is 0.375. The van der Waals surface area contributed by atoms with Crippen molar-refractivity contribution in [3.63, 3.8) is 0 Å². The Balaban J connectivity index is 1.42. The van der Waals surface area contributed by atoms with Crippen molar-refractivity contribution in [2.75, 3.05) is 38.7 Å². The van der Waals surface area contributed by atoms with Crippen molar-refractivity contribution in [3.05, 3.63) is 59.5 Å². The molecule has 5 rings (SSSR count). The maximum atomic E-state index is 5.53. The first-order valence-electron chi connectivity index (χ1n) is 11.2. The molecule has 0 unspecified atom stereocenters. The highest BCUT2D eigenvalue weighted by Crippen LogP contribution is 2.26. The number of rotatable bonds is 9. The number of fused-ring (bicyclic) bond motifs is 2. The number of anilines is 1. The summed E-state index contributed by atoms with van der Waals surface area (Å²) in [6, 6.07) is 10.0. The lowest BCUT2D eigenvalue weighted by Crippen LogP contribution is -2.30. The van der Waals surface area contributed by atoms with Crippen molar-refractivity contribution in [1.29, 1.82) is 0 Å². The van der Waals surface area contributed by atoms with Crippen molar-refractivity contribution >= 4 is 11.6 Å². The van der Waals surface area contributed by atoms with E-state index in [1.165, 1.54) is 11.1 Å². The molecule has 0 aliphatic carbocycles. The molecule has 4 heterocycles. The summed E-state index contributed by atoms with van der Waals surface area (Å²) < 4.78 is 18.1. The van der Waals surface area contributed by atoms with Gasteiger partial charge < -0.3 is 19.2 Å². The van der Waals surface area contributed by atoms with E-state index in [0.29, 0.717) is 37.3 Å². The second kappa shape index (κ2) is 9.60. The number of nitrogens with zero attached hydrogens (tertiary/aromatic N) is 5. The first kappa shape index (κ1) is 21.4. The number of benzene rings is 1. The molecule has 0 bridgehead atoms. The van der Waals surface area contributed by atoms with Crippen LogP contribution in [0.25, 0.3) is 17.2 Å². The van der Waals surface area contributed by atoms with Crippen molar-refractivity contribution in [3.8, 4) is 17.3 Å². The van der Waals surface area contributed by atoms with Gasteiger partial charge in [0.05, 0.1) is 20.0 Å². The van der Waals surface area contributed by atoms with Gasteiger partial charge in [0.1, 0.15) is 5.75 Å². The van der Waals surface area contributed by atoms with E-state index in [1.54, 1.807) is 17.9 Å². The Labute approximate surface area is 192 Å². The van der Waals surface area contributed by atoms with E-state index in [2.05, 4.69) is 32.4 Å². The van der Waals surface area contributed by atoms with Crippen LogP contribution in [-0.4, -0.2) is 57.9 Å². The molecule has 0 atom stereocenters. The normalized spacial score (nSPS) is 13.9. The first-order valence-corrected chi connectivity index (χ1v) is 11.2. The molecule has 0 amide bonds. The summed E-state index contributed by atoms with van der Waals surface area (Å²) in [5.74, 6) is 2.69. The molecule has 0 fully saturated rings. The van der Waals surface area contributed by atoms with Crippen LogP contribution >= 0.6 is 0 Å². The molecular weight excluding hydrogens is 420 g/mol. The zero-order valence-corrected chi connectivity index (χ0v) is 19.0. The minimum Gasteiger partial charge on any atom is -0.497 e. The van der Waals surface area contributed by atoms with Gasteiger partial charge in [-0.1, -0.05) is 6.07 Å². The van der Waals surface area contributed by atoms with Gasteiger partial charge in [-0.05, 0) is 48.7 Å². The highest BCUT2D eigenvalue weighted by atomic mass is 16.5. The second-order valence-corrected chi connectivity index (χ2v) is 7.97. The van der Waals surface area contributed by atoms with Crippen LogP contribution in [0.15, 0.2) is 47.2 Å². The highest BCUT2D eigenvalue weighted by Gasteiger charge is 2.21. The average Bonchev–Trinajstić information content (AvgIpc) is 3.53. The van der Waals surface area contributed by atoms with Crippen molar-refractivity contribution in [2.24, 2.45) is 0 Å². The monoisotopic (exact) mass is 448 g/mol. The summed E-state index contributed by atoms with van der Waals surface area (Å²) in [6.45, 7) is 6.44. The number of aromatic nitrogens is 4. The molecule has 0 spiro atoms. The Bertz CT molecular complexity index is 1220. The third-order valence-electron chi connectivity index (χ3n) is 5.81. The number of hydrogen-bond acceptors (Lipinski definition) is 8. The van der Waals surface area contributed by atoms with E-state index in [0.717, 1.165) is 43.0 Å². The van der Waals surface area contributed by atoms with Crippen LogP contribution < -0.4 is 10.1 Å². The van der Waals surface area contributed by atoms with E-state index >= 15 is 0 Å². The molecule has 1 aliphatic heterocycles. The fourth-order valence-electron chi connectivity index (χ4n) is 4.14. The summed E-state index contributed by atoms with van der Waals surface area (Å²) in [7, 11) is 1.70. The van der Waals surface area contributed by atoms with Crippen molar-refractivity contribution in [1.82, 2.24) is 24.5 Å². The summed E-state index contributed by atoms with van der Waals surface area (Å²) in [4.78, 5) is 11.9. The molecule has 9 heteroatoms. The third-order valence-corrected chi connectivity index (χ3v) is 5.81. The Hall–Kier alpha value is -3.43. The molecule has 0 saturated heterocycles. The zero-order chi connectivity index (χ0) is 22.6. The maximum Gasteiger partial charge on any atom is 0.225 e. The van der Waals surface area contributed by atoms with Gasteiger partial charge in [0.25, 0.3) is 0 Å². The summed E-state index contributed by atoms with van der Waals surface area (Å²) in [5, 5.41) is 7.98. The van der Waals surface area contributed by atoms with Gasteiger partial charge in [0.15, 0.2) is 11.4 Å². The summed E-state index contributed by atoms with van der Waals surface area (Å²) in [6.07, 6.45) is 4.52. The molecule has 3 aromatic heterocycles. The molecule has 1 aliphatic rings. The minimum atomic E-state index is 0.538. The molecule has 9 nitrogen and oxygen atoms in total. The first-order chi connectivity index (χ1) is 16.2. The second-order valence-electron chi connectivity index (χ2n) is 7.97. The van der Waals surface area contributed by atoms with Crippen LogP contribution in [0.2, 0.25) is 0 Å². The number of furan rings is 1. The molecule has 33 heavy (non-hydrogen) atoms. The zero-order valence-electron chi connectivity index (χ0n) is 19.0. The van der Waals surface area contributed by atoms with Crippen molar-refractivity contribution in [2.45, 2.75) is 26.4 Å². The summed E-state index contributed by atoms with van der Waals surface area (Å²) >= 11 is 0. The average molecular weight is 449 g/mol. The lowest BCUT2D eigenvalue weighted by molar-refractivity contribution is 0.158. The minimum absolute atomic E-state index is 0.538. The van der Waals surface area contributed by atoms with E-state index in [9.17, 15) is 0 Å². The van der Waals surface area contributed by atoms with Gasteiger partial charge in [-0.25, -0.2) is 9.97 Å². The van der Waals surface area contributed by atoms with Gasteiger partial charge in [-0.15, -0.1) is 5.10 Å². The summed E-state index contributed by atoms with van der Waals surface area (Å²) in [5.41, 5.74) is 4.47. The van der Waals surface area contributed by atoms with E-state index in [1.807, 2.05) is 31.3 Å². The number of nitrogens with one attached hydrogen (secondary N) is 1. The Morgan fingerprint density at radius 1 is 1.21 bits per heavy atom. The molecule has 0 saturated carbocycles. The van der Waals surface area contributed by atoms with Crippen LogP contribution in [0, 0.1) is 0 Å². The topological polar surface area (TPSA) is 90.0 Å². The van der Waals surface area contributed by atoms with Gasteiger partial charge in [0.2, 0.25) is 11.8 Å². The van der Waals surface area contributed by atoms with Crippen molar-refractivity contribution < 1.29 is 13.9 Å². The molecule has 4 aromatic rings. The van der Waals surface area contributed by atoms with E-state index in [4.69, 9.17) is 18.9 Å². The van der Waals surface area contributed by atoms with Gasteiger partial charge in [-0.2, -0.15) is 4.52 Å². The van der Waals surface area contributed by atoms with Gasteiger partial charge >= 0.3 is 0 Å². The Kier molecular flexibility index (Phi) is 6.23. The van der Waals surface area contributed by atoms with Gasteiger partial charge in [0, 0.05) is 44.5 Å². The third kappa shape index (κ3) is 4.55. The molecule has 0 radical (unpaired) electrons. The van der Waals surface area contributed by atoms with Crippen LogP contribution in [0.3, 0.4) is 0 Å². The van der Waals surface area contributed by atoms with E-state index < -0.39 is 0 Å². The molecule has 1 N–H and O–H groups in total. The van der Waals surface area contributed by atoms with Crippen LogP contribution in [0.1, 0.15) is 23.6 Å². The highest BCUT2D eigenvalue weighted by molar-refractivity contribution is 5.58. The lowest BCUT2D eigenvalue weighted by atomic mass is 9.99. The number of hydrogen-bond donors (Lipinski definition) is 1. The van der Waals surface area contributed by atoms with Crippen LogP contribution in [0.5, 0.6) is 5.75 Å². The molecule has 1 aromatic carbocycles. The maximum absolute atomic E-state index is 5.53. The van der Waals surface area contributed by atoms with E-state index in [-0.39, 0.29) is 0 Å².